The van der Waals surface area contributed by atoms with Crippen LogP contribution in [-0.2, 0) is 20.7 Å². The van der Waals surface area contributed by atoms with E-state index in [2.05, 4.69) is 17.6 Å². The maximum atomic E-state index is 14.2. The molecule has 38 heavy (non-hydrogen) atoms. The molecule has 0 radical (unpaired) electrons. The van der Waals surface area contributed by atoms with Crippen molar-refractivity contribution in [3.05, 3.63) is 65.2 Å². The van der Waals surface area contributed by atoms with Crippen LogP contribution in [0.2, 0.25) is 0 Å². The normalized spacial score (nSPS) is 14.8. The Hall–Kier alpha value is -3.00. The molecule has 0 aromatic heterocycles. The highest BCUT2D eigenvalue weighted by Gasteiger charge is 2.44. The molecule has 2 aromatic carbocycles. The lowest BCUT2D eigenvalue weighted by atomic mass is 9.99. The zero-order valence-electron chi connectivity index (χ0n) is 23.4. The summed E-state index contributed by atoms with van der Waals surface area (Å²) >= 11 is 1.60. The lowest BCUT2D eigenvalue weighted by Gasteiger charge is -2.35. The Kier molecular flexibility index (Phi) is 10.3. The molecule has 1 aliphatic rings. The third kappa shape index (κ3) is 8.25. The highest BCUT2D eigenvalue weighted by molar-refractivity contribution is 7.98. The molecule has 8 heteroatoms. The van der Waals surface area contributed by atoms with E-state index < -0.39 is 23.8 Å². The second kappa shape index (κ2) is 13.2. The minimum atomic E-state index is -0.835. The van der Waals surface area contributed by atoms with Crippen LogP contribution in [0.4, 0.5) is 10.5 Å². The summed E-state index contributed by atoms with van der Waals surface area (Å²) in [6.07, 6.45) is 4.26. The van der Waals surface area contributed by atoms with E-state index in [9.17, 15) is 14.4 Å². The number of aryl methyl sites for hydroxylation is 2. The smallest absolute Gasteiger partial charge is 0.408 e. The van der Waals surface area contributed by atoms with Crippen molar-refractivity contribution in [3.63, 3.8) is 0 Å². The number of carbonyl (C=O) groups is 3. The van der Waals surface area contributed by atoms with Gasteiger partial charge in [0.25, 0.3) is 5.91 Å². The van der Waals surface area contributed by atoms with Crippen LogP contribution in [0.5, 0.6) is 0 Å². The molecule has 0 heterocycles. The number of anilines is 1. The number of thioether (sulfide) groups is 1. The van der Waals surface area contributed by atoms with Crippen LogP contribution in [0.15, 0.2) is 48.5 Å². The van der Waals surface area contributed by atoms with Crippen LogP contribution in [0.1, 0.15) is 69.7 Å². The largest absolute Gasteiger partial charge is 0.444 e. The number of nitrogens with zero attached hydrogens (tertiary/aromatic N) is 1. The predicted molar refractivity (Wildman–Crippen MR) is 154 cm³/mol. The molecule has 0 spiro atoms. The van der Waals surface area contributed by atoms with Gasteiger partial charge in [0.15, 0.2) is 0 Å². The molecule has 2 N–H and O–H groups in total. The number of rotatable bonds is 11. The molecule has 1 fully saturated rings. The van der Waals surface area contributed by atoms with Gasteiger partial charge in [-0.25, -0.2) is 4.79 Å². The van der Waals surface area contributed by atoms with E-state index >= 15 is 0 Å². The lowest BCUT2D eigenvalue weighted by molar-refractivity contribution is -0.141. The SMILES string of the molecule is CCc1ccc(C(C(=O)Nc2ccccc2C)N(C(=O)C(CCSC)NC(=O)OC(C)(C)C)C2CC2)cc1. The van der Waals surface area contributed by atoms with Crippen LogP contribution in [-0.4, -0.2) is 52.5 Å². The van der Waals surface area contributed by atoms with Gasteiger partial charge in [-0.1, -0.05) is 49.4 Å². The summed E-state index contributed by atoms with van der Waals surface area (Å²) in [5.74, 6) is 0.136. The number of para-hydroxylation sites is 1. The summed E-state index contributed by atoms with van der Waals surface area (Å²) in [6.45, 7) is 9.37. The van der Waals surface area contributed by atoms with E-state index in [4.69, 9.17) is 4.74 Å². The van der Waals surface area contributed by atoms with Crippen molar-refractivity contribution in [3.8, 4) is 0 Å². The molecule has 3 amide bonds. The van der Waals surface area contributed by atoms with E-state index in [-0.39, 0.29) is 17.9 Å². The fourth-order valence-corrected chi connectivity index (χ4v) is 4.75. The molecule has 2 aromatic rings. The maximum Gasteiger partial charge on any atom is 0.408 e. The van der Waals surface area contributed by atoms with E-state index in [1.807, 2.05) is 61.7 Å². The third-order valence-electron chi connectivity index (χ3n) is 6.43. The number of ether oxygens (including phenoxy) is 1. The Bertz CT molecular complexity index is 1110. The number of benzene rings is 2. The molecule has 1 aliphatic carbocycles. The van der Waals surface area contributed by atoms with Crippen molar-refractivity contribution in [2.24, 2.45) is 0 Å². The Morgan fingerprint density at radius 2 is 1.74 bits per heavy atom. The van der Waals surface area contributed by atoms with Crippen LogP contribution < -0.4 is 10.6 Å². The number of alkyl carbamates (subject to hydrolysis) is 1. The van der Waals surface area contributed by atoms with Crippen LogP contribution in [0.25, 0.3) is 0 Å². The van der Waals surface area contributed by atoms with Gasteiger partial charge in [-0.2, -0.15) is 11.8 Å². The van der Waals surface area contributed by atoms with Crippen LogP contribution >= 0.6 is 11.8 Å². The second-order valence-corrected chi connectivity index (χ2v) is 11.7. The van der Waals surface area contributed by atoms with E-state index in [0.29, 0.717) is 17.9 Å². The van der Waals surface area contributed by atoms with Crippen molar-refractivity contribution in [2.75, 3.05) is 17.3 Å². The number of hydrogen-bond acceptors (Lipinski definition) is 5. The monoisotopic (exact) mass is 539 g/mol. The Labute approximate surface area is 231 Å². The Morgan fingerprint density at radius 1 is 1.08 bits per heavy atom. The number of carbonyl (C=O) groups excluding carboxylic acids is 3. The Morgan fingerprint density at radius 3 is 2.29 bits per heavy atom. The summed E-state index contributed by atoms with van der Waals surface area (Å²) in [5, 5.41) is 5.86. The standard InChI is InChI=1S/C30H41N3O4S/c1-7-21-12-14-22(15-13-21)26(27(34)31-24-11-9-8-10-20(24)2)33(23-16-17-23)28(35)25(18-19-38-6)32-29(36)37-30(3,4)5/h8-15,23,25-26H,7,16-19H2,1-6H3,(H,31,34)(H,32,36). The first-order chi connectivity index (χ1) is 18.0. The maximum absolute atomic E-state index is 14.2. The zero-order valence-corrected chi connectivity index (χ0v) is 24.2. The van der Waals surface area contributed by atoms with Gasteiger partial charge in [0.2, 0.25) is 5.91 Å². The van der Waals surface area contributed by atoms with Crippen LogP contribution in [0.3, 0.4) is 0 Å². The fourth-order valence-electron chi connectivity index (χ4n) is 4.28. The molecule has 2 atom stereocenters. The van der Waals surface area contributed by atoms with Gasteiger partial charge in [-0.3, -0.25) is 9.59 Å². The summed E-state index contributed by atoms with van der Waals surface area (Å²) in [7, 11) is 0. The van der Waals surface area contributed by atoms with E-state index in [0.717, 1.165) is 36.0 Å². The van der Waals surface area contributed by atoms with E-state index in [1.165, 1.54) is 0 Å². The third-order valence-corrected chi connectivity index (χ3v) is 7.07. The first kappa shape index (κ1) is 29.6. The van der Waals surface area contributed by atoms with Gasteiger partial charge >= 0.3 is 6.09 Å². The van der Waals surface area contributed by atoms with Crippen molar-refractivity contribution in [1.29, 1.82) is 0 Å². The minimum Gasteiger partial charge on any atom is -0.444 e. The van der Waals surface area contributed by atoms with Crippen molar-refractivity contribution in [2.45, 2.75) is 84.0 Å². The number of hydrogen-bond donors (Lipinski definition) is 2. The zero-order chi connectivity index (χ0) is 27.9. The second-order valence-electron chi connectivity index (χ2n) is 10.8. The minimum absolute atomic E-state index is 0.0711. The lowest BCUT2D eigenvalue weighted by Crippen LogP contribution is -2.53. The summed E-state index contributed by atoms with van der Waals surface area (Å²) in [6, 6.07) is 13.8. The van der Waals surface area contributed by atoms with Gasteiger partial charge < -0.3 is 20.3 Å². The van der Waals surface area contributed by atoms with Gasteiger partial charge in [0, 0.05) is 11.7 Å². The topological polar surface area (TPSA) is 87.7 Å². The fraction of sp³-hybridized carbons (Fsp3) is 0.500. The van der Waals surface area contributed by atoms with Gasteiger partial charge in [-0.05, 0) is 88.1 Å². The predicted octanol–water partition coefficient (Wildman–Crippen LogP) is 5.87. The number of nitrogens with one attached hydrogen (secondary N) is 2. The molecular weight excluding hydrogens is 498 g/mol. The van der Waals surface area contributed by atoms with Crippen LogP contribution in [0, 0.1) is 6.92 Å². The van der Waals surface area contributed by atoms with Gasteiger partial charge in [-0.15, -0.1) is 0 Å². The molecule has 0 aliphatic heterocycles. The highest BCUT2D eigenvalue weighted by Crippen LogP contribution is 2.36. The Balaban J connectivity index is 1.98. The molecule has 206 valence electrons. The first-order valence-corrected chi connectivity index (χ1v) is 14.7. The quantitative estimate of drug-likeness (QED) is 0.373. The molecular formula is C30H41N3O4S. The summed E-state index contributed by atoms with van der Waals surface area (Å²) in [4.78, 5) is 42.5. The average molecular weight is 540 g/mol. The van der Waals surface area contributed by atoms with Crippen molar-refractivity contribution < 1.29 is 19.1 Å². The molecule has 1 saturated carbocycles. The summed E-state index contributed by atoms with van der Waals surface area (Å²) in [5.41, 5.74) is 2.86. The van der Waals surface area contributed by atoms with E-state index in [1.54, 1.807) is 37.4 Å². The molecule has 7 nitrogen and oxygen atoms in total. The summed E-state index contributed by atoms with van der Waals surface area (Å²) < 4.78 is 5.46. The van der Waals surface area contributed by atoms with Crippen molar-refractivity contribution in [1.82, 2.24) is 10.2 Å². The molecule has 0 bridgehead atoms. The molecule has 3 rings (SSSR count). The molecule has 0 saturated heterocycles. The van der Waals surface area contributed by atoms with Gasteiger partial charge in [0.05, 0.1) is 0 Å². The molecule has 2 unspecified atom stereocenters. The highest BCUT2D eigenvalue weighted by atomic mass is 32.2. The van der Waals surface area contributed by atoms with Crippen molar-refractivity contribution >= 4 is 35.4 Å². The number of amides is 3. The average Bonchev–Trinajstić information content (AvgIpc) is 3.70. The van der Waals surface area contributed by atoms with Gasteiger partial charge in [0.1, 0.15) is 17.7 Å². The first-order valence-electron chi connectivity index (χ1n) is 13.3.